The van der Waals surface area contributed by atoms with Gasteiger partial charge in [-0.2, -0.15) is 0 Å². The van der Waals surface area contributed by atoms with Crippen LogP contribution < -0.4 is 0 Å². The first-order valence-corrected chi connectivity index (χ1v) is 15.1. The molecule has 13 atom stereocenters. The van der Waals surface area contributed by atoms with E-state index in [0.29, 0.717) is 41.4 Å². The van der Waals surface area contributed by atoms with Crippen LogP contribution in [-0.2, 0) is 28.5 Å². The van der Waals surface area contributed by atoms with E-state index >= 15 is 0 Å². The van der Waals surface area contributed by atoms with Crippen LogP contribution in [-0.4, -0.2) is 42.6 Å². The molecule has 6 fully saturated rings. The third kappa shape index (κ3) is 3.85. The van der Waals surface area contributed by atoms with Crippen molar-refractivity contribution < 1.29 is 28.5 Å². The van der Waals surface area contributed by atoms with Gasteiger partial charge in [0.25, 0.3) is 0 Å². The number of carbonyl (C=O) groups is 2. The fourth-order valence-electron chi connectivity index (χ4n) is 10.9. The van der Waals surface area contributed by atoms with E-state index in [2.05, 4.69) is 27.7 Å². The number of rotatable bonds is 2. The lowest BCUT2D eigenvalue weighted by atomic mass is 9.43. The monoisotopic (exact) mass is 516 g/mol. The van der Waals surface area contributed by atoms with Gasteiger partial charge in [-0.3, -0.25) is 9.59 Å². The summed E-state index contributed by atoms with van der Waals surface area (Å²) in [5.74, 6) is 2.66. The van der Waals surface area contributed by atoms with Gasteiger partial charge in [-0.1, -0.05) is 27.7 Å². The van der Waals surface area contributed by atoms with Crippen LogP contribution in [0.1, 0.15) is 99.3 Å². The summed E-state index contributed by atoms with van der Waals surface area (Å²) in [7, 11) is 0. The molecule has 6 nitrogen and oxygen atoms in total. The number of hydrogen-bond acceptors (Lipinski definition) is 6. The van der Waals surface area contributed by atoms with Crippen molar-refractivity contribution in [1.82, 2.24) is 0 Å². The highest BCUT2D eigenvalue weighted by Crippen LogP contribution is 2.71. The Hall–Kier alpha value is -1.14. The molecular formula is C31H48O6. The molecule has 0 N–H and O–H groups in total. The molecule has 0 amide bonds. The molecule has 4 aliphatic carbocycles. The Balaban J connectivity index is 1.30. The third-order valence-electron chi connectivity index (χ3n) is 12.6. The number of fused-ring (bicyclic) bond motifs is 7. The van der Waals surface area contributed by atoms with Crippen LogP contribution in [0.15, 0.2) is 0 Å². The number of ether oxygens (including phenoxy) is 4. The zero-order valence-electron chi connectivity index (χ0n) is 23.8. The first-order valence-electron chi connectivity index (χ1n) is 15.1. The Morgan fingerprint density at radius 2 is 1.62 bits per heavy atom. The molecule has 0 bridgehead atoms. The molecule has 0 aromatic rings. The van der Waals surface area contributed by atoms with Crippen LogP contribution in [0.2, 0.25) is 0 Å². The van der Waals surface area contributed by atoms with Crippen LogP contribution >= 0.6 is 0 Å². The largest absolute Gasteiger partial charge is 0.463 e. The van der Waals surface area contributed by atoms with Crippen molar-refractivity contribution in [3.8, 4) is 0 Å². The van der Waals surface area contributed by atoms with Crippen molar-refractivity contribution in [2.45, 2.75) is 123 Å². The summed E-state index contributed by atoms with van der Waals surface area (Å²) < 4.78 is 25.4. The van der Waals surface area contributed by atoms with Gasteiger partial charge in [0.15, 0.2) is 5.79 Å². The van der Waals surface area contributed by atoms with Crippen LogP contribution in [0, 0.1) is 52.3 Å². The highest BCUT2D eigenvalue weighted by Gasteiger charge is 2.72. The van der Waals surface area contributed by atoms with Crippen molar-refractivity contribution in [3.63, 3.8) is 0 Å². The topological polar surface area (TPSA) is 71.1 Å². The fourth-order valence-corrected chi connectivity index (χ4v) is 10.9. The molecule has 1 spiro atoms. The first-order chi connectivity index (χ1) is 17.5. The fraction of sp³-hybridized carbons (Fsp3) is 0.935. The SMILES string of the molecule is CC(=O)OC1CCC2(C)C3C[C@H](OC(C)=O)C4(C)C(CC5O[C@]6(CCC(C)CO6)[C@@H](C)C54)C3CC[C@H]2C1. The lowest BCUT2D eigenvalue weighted by molar-refractivity contribution is -0.274. The molecule has 6 aliphatic rings. The Bertz CT molecular complexity index is 925. The molecule has 6 heteroatoms. The molecule has 0 aromatic heterocycles. The normalized spacial score (nSPS) is 54.5. The Kier molecular flexibility index (Phi) is 6.31. The summed E-state index contributed by atoms with van der Waals surface area (Å²) in [6.07, 6.45) is 9.70. The quantitative estimate of drug-likeness (QED) is 0.425. The highest BCUT2D eigenvalue weighted by atomic mass is 16.7. The molecule has 6 rings (SSSR count). The molecule has 0 radical (unpaired) electrons. The second-order valence-electron chi connectivity index (χ2n) is 14.3. The minimum Gasteiger partial charge on any atom is -0.463 e. The summed E-state index contributed by atoms with van der Waals surface area (Å²) in [6, 6.07) is 0. The summed E-state index contributed by atoms with van der Waals surface area (Å²) in [5, 5.41) is 0. The molecule has 2 saturated heterocycles. The van der Waals surface area contributed by atoms with E-state index in [9.17, 15) is 9.59 Å². The zero-order valence-corrected chi connectivity index (χ0v) is 23.8. The van der Waals surface area contributed by atoms with Crippen LogP contribution in [0.4, 0.5) is 0 Å². The standard InChI is InChI=1S/C31H48O6/c1-17-9-12-31(34-16-17)18(2)28-26(37-31)14-25-23-8-7-21-13-22(35-19(3)32)10-11-29(21,5)24(23)15-27(30(25,28)6)36-20(4)33/h17-18,21-28H,7-16H2,1-6H3/t17?,18-,21-,22?,23?,24?,25?,26?,27-,28?,29?,30?,31+/m0/s1. The van der Waals surface area contributed by atoms with Gasteiger partial charge in [-0.25, -0.2) is 0 Å². The molecular weight excluding hydrogens is 468 g/mol. The molecule has 2 aliphatic heterocycles. The van der Waals surface area contributed by atoms with Gasteiger partial charge in [0.2, 0.25) is 0 Å². The van der Waals surface area contributed by atoms with E-state index in [0.717, 1.165) is 51.6 Å². The van der Waals surface area contributed by atoms with E-state index in [1.807, 2.05) is 0 Å². The number of esters is 2. The van der Waals surface area contributed by atoms with Gasteiger partial charge in [-0.15, -0.1) is 0 Å². The van der Waals surface area contributed by atoms with Crippen LogP contribution in [0.5, 0.6) is 0 Å². The minimum atomic E-state index is -0.466. The second-order valence-corrected chi connectivity index (χ2v) is 14.3. The lowest BCUT2D eigenvalue weighted by Gasteiger charge is -2.62. The Morgan fingerprint density at radius 1 is 0.865 bits per heavy atom. The molecule has 0 aromatic carbocycles. The number of hydrogen-bond donors (Lipinski definition) is 0. The average molecular weight is 517 g/mol. The Labute approximate surface area is 222 Å². The van der Waals surface area contributed by atoms with Gasteiger partial charge < -0.3 is 18.9 Å². The van der Waals surface area contributed by atoms with Crippen molar-refractivity contribution in [3.05, 3.63) is 0 Å². The third-order valence-corrected chi connectivity index (χ3v) is 12.6. The second kappa shape index (κ2) is 8.94. The number of carbonyl (C=O) groups excluding carboxylic acids is 2. The smallest absolute Gasteiger partial charge is 0.302 e. The maximum atomic E-state index is 12.5. The van der Waals surface area contributed by atoms with Crippen molar-refractivity contribution >= 4 is 11.9 Å². The van der Waals surface area contributed by atoms with Crippen LogP contribution in [0.3, 0.4) is 0 Å². The molecule has 208 valence electrons. The molecule has 4 saturated carbocycles. The van der Waals surface area contributed by atoms with E-state index in [4.69, 9.17) is 18.9 Å². The van der Waals surface area contributed by atoms with E-state index in [-0.39, 0.29) is 41.1 Å². The zero-order chi connectivity index (χ0) is 26.3. The van der Waals surface area contributed by atoms with E-state index in [1.165, 1.54) is 19.8 Å². The lowest BCUT2D eigenvalue weighted by Crippen LogP contribution is -2.60. The van der Waals surface area contributed by atoms with Crippen molar-refractivity contribution in [2.24, 2.45) is 52.3 Å². The van der Waals surface area contributed by atoms with Crippen LogP contribution in [0.25, 0.3) is 0 Å². The van der Waals surface area contributed by atoms with Crippen molar-refractivity contribution in [1.29, 1.82) is 0 Å². The Morgan fingerprint density at radius 3 is 2.30 bits per heavy atom. The summed E-state index contributed by atoms with van der Waals surface area (Å²) >= 11 is 0. The van der Waals surface area contributed by atoms with Gasteiger partial charge >= 0.3 is 11.9 Å². The maximum absolute atomic E-state index is 12.5. The van der Waals surface area contributed by atoms with Gasteiger partial charge in [0.1, 0.15) is 12.2 Å². The minimum absolute atomic E-state index is 0.0553. The predicted octanol–water partition coefficient (Wildman–Crippen LogP) is 5.91. The highest BCUT2D eigenvalue weighted by molar-refractivity contribution is 5.66. The first kappa shape index (κ1) is 26.1. The van der Waals surface area contributed by atoms with Gasteiger partial charge in [-0.05, 0) is 86.4 Å². The summed E-state index contributed by atoms with van der Waals surface area (Å²) in [6.45, 7) is 13.4. The van der Waals surface area contributed by atoms with Crippen molar-refractivity contribution in [2.75, 3.05) is 6.61 Å². The average Bonchev–Trinajstić information content (AvgIpc) is 3.27. The summed E-state index contributed by atoms with van der Waals surface area (Å²) in [5.41, 5.74) is 0.109. The predicted molar refractivity (Wildman–Crippen MR) is 138 cm³/mol. The van der Waals surface area contributed by atoms with E-state index in [1.54, 1.807) is 6.92 Å². The maximum Gasteiger partial charge on any atom is 0.302 e. The molecule has 2 heterocycles. The van der Waals surface area contributed by atoms with Gasteiger partial charge in [0, 0.05) is 37.5 Å². The van der Waals surface area contributed by atoms with E-state index < -0.39 is 5.79 Å². The molecule has 9 unspecified atom stereocenters. The molecule has 37 heavy (non-hydrogen) atoms. The van der Waals surface area contributed by atoms with Gasteiger partial charge in [0.05, 0.1) is 12.7 Å². The summed E-state index contributed by atoms with van der Waals surface area (Å²) in [4.78, 5) is 24.1.